The molecule has 2 rings (SSSR count). The third-order valence-electron chi connectivity index (χ3n) is 3.90. The highest BCUT2D eigenvalue weighted by molar-refractivity contribution is 5.79. The lowest BCUT2D eigenvalue weighted by Crippen LogP contribution is -2.46. The maximum absolute atomic E-state index is 12.2. The molecule has 1 saturated heterocycles. The number of nitrogens with zero attached hydrogens (tertiary/aromatic N) is 2. The number of hydrogen-bond acceptors (Lipinski definition) is 5. The number of carbonyl (C=O) groups excluding carboxylic acids is 2. The van der Waals surface area contributed by atoms with Crippen LogP contribution in [0.25, 0.3) is 0 Å². The molecule has 0 aromatic carbocycles. The highest BCUT2D eigenvalue weighted by atomic mass is 16.2. The molecule has 23 heavy (non-hydrogen) atoms. The largest absolute Gasteiger partial charge is 0.369 e. The van der Waals surface area contributed by atoms with Gasteiger partial charge in [0.15, 0.2) is 0 Å². The molecular weight excluding hydrogens is 294 g/mol. The Labute approximate surface area is 136 Å². The van der Waals surface area contributed by atoms with Gasteiger partial charge in [0.05, 0.1) is 12.5 Å². The molecule has 1 aliphatic heterocycles. The van der Waals surface area contributed by atoms with Crippen molar-refractivity contribution in [1.29, 1.82) is 0 Å². The Kier molecular flexibility index (Phi) is 6.34. The summed E-state index contributed by atoms with van der Waals surface area (Å²) < 4.78 is 0. The number of carbonyl (C=O) groups is 2. The van der Waals surface area contributed by atoms with Crippen LogP contribution in [0.1, 0.15) is 18.4 Å². The van der Waals surface area contributed by atoms with Gasteiger partial charge in [-0.25, -0.2) is 4.98 Å². The molecule has 0 spiro atoms. The fourth-order valence-electron chi connectivity index (χ4n) is 2.79. The standard InChI is InChI=1S/C16H25N5O2/c1-12-4-5-18-15(9-12)19-6-7-20-16(23)13-3-2-8-21(10-13)11-14(17)22/h4-5,9,13H,2-3,6-8,10-11H2,1H3,(H2,17,22)(H,18,19)(H,20,23). The van der Waals surface area contributed by atoms with Gasteiger partial charge in [-0.1, -0.05) is 0 Å². The topological polar surface area (TPSA) is 100 Å². The number of piperidine rings is 1. The first kappa shape index (κ1) is 17.2. The molecule has 1 aromatic heterocycles. The molecule has 1 fully saturated rings. The number of hydrogen-bond donors (Lipinski definition) is 3. The van der Waals surface area contributed by atoms with E-state index in [1.54, 1.807) is 6.20 Å². The maximum atomic E-state index is 12.2. The number of rotatable bonds is 7. The van der Waals surface area contributed by atoms with Crippen molar-refractivity contribution in [3.05, 3.63) is 23.9 Å². The summed E-state index contributed by atoms with van der Waals surface area (Å²) in [5, 5.41) is 6.12. The van der Waals surface area contributed by atoms with Gasteiger partial charge in [0.25, 0.3) is 0 Å². The van der Waals surface area contributed by atoms with Gasteiger partial charge in [-0.15, -0.1) is 0 Å². The summed E-state index contributed by atoms with van der Waals surface area (Å²) in [5.41, 5.74) is 6.36. The van der Waals surface area contributed by atoms with E-state index in [0.717, 1.165) is 30.8 Å². The average molecular weight is 319 g/mol. The van der Waals surface area contributed by atoms with Gasteiger partial charge in [-0.3, -0.25) is 14.5 Å². The van der Waals surface area contributed by atoms with E-state index in [1.807, 2.05) is 24.0 Å². The quantitative estimate of drug-likeness (QED) is 0.620. The minimum atomic E-state index is -0.346. The molecule has 1 unspecified atom stereocenters. The van der Waals surface area contributed by atoms with Crippen molar-refractivity contribution in [1.82, 2.24) is 15.2 Å². The summed E-state index contributed by atoms with van der Waals surface area (Å²) in [7, 11) is 0. The second-order valence-electron chi connectivity index (χ2n) is 5.98. The van der Waals surface area contributed by atoms with E-state index in [2.05, 4.69) is 15.6 Å². The number of nitrogens with one attached hydrogen (secondary N) is 2. The van der Waals surface area contributed by atoms with Gasteiger partial charge < -0.3 is 16.4 Å². The molecule has 126 valence electrons. The average Bonchev–Trinajstić information content (AvgIpc) is 2.51. The van der Waals surface area contributed by atoms with Crippen LogP contribution in [0.15, 0.2) is 18.3 Å². The number of nitrogens with two attached hydrogens (primary N) is 1. The van der Waals surface area contributed by atoms with Crippen LogP contribution in [0, 0.1) is 12.8 Å². The van der Waals surface area contributed by atoms with E-state index in [4.69, 9.17) is 5.73 Å². The van der Waals surface area contributed by atoms with Gasteiger partial charge in [-0.2, -0.15) is 0 Å². The fraction of sp³-hybridized carbons (Fsp3) is 0.562. The van der Waals surface area contributed by atoms with E-state index in [-0.39, 0.29) is 24.3 Å². The monoisotopic (exact) mass is 319 g/mol. The normalized spacial score (nSPS) is 18.4. The molecule has 1 aliphatic rings. The van der Waals surface area contributed by atoms with Gasteiger partial charge in [0.2, 0.25) is 11.8 Å². The summed E-state index contributed by atoms with van der Waals surface area (Å²) >= 11 is 0. The minimum absolute atomic E-state index is 0.0400. The van der Waals surface area contributed by atoms with Crippen molar-refractivity contribution < 1.29 is 9.59 Å². The van der Waals surface area contributed by atoms with E-state index < -0.39 is 0 Å². The third kappa shape index (κ3) is 5.86. The van der Waals surface area contributed by atoms with Crippen LogP contribution in [-0.2, 0) is 9.59 Å². The lowest BCUT2D eigenvalue weighted by Gasteiger charge is -2.30. The number of aryl methyl sites for hydroxylation is 1. The summed E-state index contributed by atoms with van der Waals surface area (Å²) in [4.78, 5) is 29.3. The Hall–Kier alpha value is -2.15. The lowest BCUT2D eigenvalue weighted by atomic mass is 9.97. The second-order valence-corrected chi connectivity index (χ2v) is 5.98. The van der Waals surface area contributed by atoms with Crippen molar-refractivity contribution in [2.24, 2.45) is 11.7 Å². The van der Waals surface area contributed by atoms with Crippen LogP contribution in [0.2, 0.25) is 0 Å². The number of pyridine rings is 1. The van der Waals surface area contributed by atoms with Crippen LogP contribution >= 0.6 is 0 Å². The summed E-state index contributed by atoms with van der Waals surface area (Å²) in [6.45, 7) is 4.83. The van der Waals surface area contributed by atoms with Crippen LogP contribution in [0.5, 0.6) is 0 Å². The molecular formula is C16H25N5O2. The molecule has 0 bridgehead atoms. The zero-order valence-electron chi connectivity index (χ0n) is 13.5. The van der Waals surface area contributed by atoms with Gasteiger partial charge in [-0.05, 0) is 44.0 Å². The number of amides is 2. The molecule has 0 saturated carbocycles. The minimum Gasteiger partial charge on any atom is -0.369 e. The van der Waals surface area contributed by atoms with E-state index >= 15 is 0 Å². The molecule has 2 amide bonds. The van der Waals surface area contributed by atoms with Gasteiger partial charge >= 0.3 is 0 Å². The summed E-state index contributed by atoms with van der Waals surface area (Å²) in [6, 6.07) is 3.90. The maximum Gasteiger partial charge on any atom is 0.231 e. The predicted molar refractivity (Wildman–Crippen MR) is 88.8 cm³/mol. The molecule has 7 nitrogen and oxygen atoms in total. The first-order valence-electron chi connectivity index (χ1n) is 7.99. The van der Waals surface area contributed by atoms with Crippen LogP contribution in [0.4, 0.5) is 5.82 Å². The molecule has 0 radical (unpaired) electrons. The molecule has 0 aliphatic carbocycles. The van der Waals surface area contributed by atoms with Crippen molar-refractivity contribution >= 4 is 17.6 Å². The summed E-state index contributed by atoms with van der Waals surface area (Å²) in [6.07, 6.45) is 3.52. The highest BCUT2D eigenvalue weighted by Crippen LogP contribution is 2.16. The second kappa shape index (κ2) is 8.47. The van der Waals surface area contributed by atoms with Crippen molar-refractivity contribution in [2.75, 3.05) is 38.0 Å². The number of likely N-dealkylation sites (tertiary alicyclic amines) is 1. The Morgan fingerprint density at radius 3 is 3.00 bits per heavy atom. The SMILES string of the molecule is Cc1ccnc(NCCNC(=O)C2CCCN(CC(N)=O)C2)c1. The Bertz CT molecular complexity index is 549. The van der Waals surface area contributed by atoms with E-state index in [1.165, 1.54) is 0 Å². The molecule has 4 N–H and O–H groups in total. The van der Waals surface area contributed by atoms with Crippen molar-refractivity contribution in [3.63, 3.8) is 0 Å². The fourth-order valence-corrected chi connectivity index (χ4v) is 2.79. The smallest absolute Gasteiger partial charge is 0.231 e. The Morgan fingerprint density at radius 2 is 2.26 bits per heavy atom. The Morgan fingerprint density at radius 1 is 1.43 bits per heavy atom. The van der Waals surface area contributed by atoms with E-state index in [0.29, 0.717) is 19.6 Å². The van der Waals surface area contributed by atoms with Gasteiger partial charge in [0, 0.05) is 25.8 Å². The molecule has 2 heterocycles. The van der Waals surface area contributed by atoms with Crippen LogP contribution in [-0.4, -0.2) is 54.4 Å². The first-order valence-corrected chi connectivity index (χ1v) is 7.99. The zero-order chi connectivity index (χ0) is 16.7. The highest BCUT2D eigenvalue weighted by Gasteiger charge is 2.25. The molecule has 7 heteroatoms. The third-order valence-corrected chi connectivity index (χ3v) is 3.90. The van der Waals surface area contributed by atoms with E-state index in [9.17, 15) is 9.59 Å². The number of primary amides is 1. The zero-order valence-corrected chi connectivity index (χ0v) is 13.5. The number of aromatic nitrogens is 1. The van der Waals surface area contributed by atoms with Crippen LogP contribution in [0.3, 0.4) is 0 Å². The summed E-state index contributed by atoms with van der Waals surface area (Å²) in [5.74, 6) is 0.434. The van der Waals surface area contributed by atoms with Crippen molar-refractivity contribution in [3.8, 4) is 0 Å². The van der Waals surface area contributed by atoms with Crippen molar-refractivity contribution in [2.45, 2.75) is 19.8 Å². The molecule has 1 aromatic rings. The van der Waals surface area contributed by atoms with Gasteiger partial charge in [0.1, 0.15) is 5.82 Å². The first-order chi connectivity index (χ1) is 11.0. The lowest BCUT2D eigenvalue weighted by molar-refractivity contribution is -0.128. The predicted octanol–water partition coefficient (Wildman–Crippen LogP) is 0.115. The number of anilines is 1. The molecule has 1 atom stereocenters. The Balaban J connectivity index is 1.69. The van der Waals surface area contributed by atoms with Crippen LogP contribution < -0.4 is 16.4 Å².